The molecule has 0 aliphatic rings. The molecule has 220 valence electrons. The Labute approximate surface area is 267 Å². The number of hydrogen-bond acceptors (Lipinski definition) is 2. The van der Waals surface area contributed by atoms with Gasteiger partial charge in [0.15, 0.2) is 0 Å². The van der Waals surface area contributed by atoms with Gasteiger partial charge < -0.3 is 0 Å². The van der Waals surface area contributed by atoms with E-state index in [1.54, 1.807) is 0 Å². The van der Waals surface area contributed by atoms with Crippen molar-refractivity contribution < 1.29 is 6.85 Å². The van der Waals surface area contributed by atoms with Crippen LogP contribution >= 0.6 is 0 Å². The summed E-state index contributed by atoms with van der Waals surface area (Å²) in [4.78, 5) is 10.3. The molecule has 0 aliphatic heterocycles. The van der Waals surface area contributed by atoms with Crippen molar-refractivity contribution in [3.8, 4) is 11.4 Å². The molecule has 0 bridgehead atoms. The first-order chi connectivity index (χ1) is 23.9. The van der Waals surface area contributed by atoms with E-state index in [-0.39, 0.29) is 6.42 Å². The number of hydrogen-bond donors (Lipinski definition) is 0. The van der Waals surface area contributed by atoms with Crippen molar-refractivity contribution in [3.05, 3.63) is 120 Å². The Morgan fingerprint density at radius 1 is 0.622 bits per heavy atom. The topological polar surface area (TPSA) is 44.5 Å². The fourth-order valence-electron chi connectivity index (χ4n) is 6.79. The summed E-state index contributed by atoms with van der Waals surface area (Å²) in [6, 6.07) is 36.9. The Balaban J connectivity index is 1.27. The van der Waals surface area contributed by atoms with Crippen LogP contribution in [0.15, 0.2) is 109 Å². The number of para-hydroxylation sites is 6. The van der Waals surface area contributed by atoms with Crippen LogP contribution in [0.4, 0.5) is 0 Å². The zero-order valence-corrected chi connectivity index (χ0v) is 25.3. The van der Waals surface area contributed by atoms with Gasteiger partial charge in [-0.3, -0.25) is 17.9 Å². The van der Waals surface area contributed by atoms with Gasteiger partial charge in [0.2, 0.25) is 11.6 Å². The fourth-order valence-corrected chi connectivity index (χ4v) is 6.79. The van der Waals surface area contributed by atoms with Crippen LogP contribution in [-0.4, -0.2) is 27.9 Å². The first kappa shape index (κ1) is 21.4. The van der Waals surface area contributed by atoms with E-state index in [1.807, 2.05) is 36.4 Å². The number of nitrogens with zero attached hydrogens (tertiary/aromatic N) is 6. The lowest BCUT2D eigenvalue weighted by Crippen LogP contribution is -2.06. The van der Waals surface area contributed by atoms with Crippen molar-refractivity contribution in [1.29, 1.82) is 0 Å². The zero-order valence-electron chi connectivity index (χ0n) is 30.3. The average molecular weight is 592 g/mol. The normalized spacial score (nSPS) is 14.9. The fraction of sp³-hybridized carbons (Fsp3) is 0.179. The van der Waals surface area contributed by atoms with E-state index >= 15 is 0 Å². The molecule has 0 saturated carbocycles. The Morgan fingerprint density at radius 3 is 1.76 bits per heavy atom. The Kier molecular flexibility index (Phi) is 4.42. The second-order valence-corrected chi connectivity index (χ2v) is 12.4. The van der Waals surface area contributed by atoms with E-state index in [1.165, 1.54) is 13.8 Å². The minimum absolute atomic E-state index is 0.0852. The van der Waals surface area contributed by atoms with Crippen molar-refractivity contribution in [2.24, 2.45) is 5.41 Å². The molecule has 9 aromatic rings. The van der Waals surface area contributed by atoms with E-state index in [0.717, 1.165) is 61.3 Å². The molecule has 0 spiro atoms. The highest BCUT2D eigenvalue weighted by Crippen LogP contribution is 2.34. The van der Waals surface area contributed by atoms with E-state index in [2.05, 4.69) is 97.7 Å². The van der Waals surface area contributed by atoms with Crippen LogP contribution in [0.1, 0.15) is 45.1 Å². The molecule has 6 nitrogen and oxygen atoms in total. The highest BCUT2D eigenvalue weighted by Gasteiger charge is 2.21. The number of fused-ring (bicyclic) bond motifs is 10. The van der Waals surface area contributed by atoms with Crippen molar-refractivity contribution in [3.63, 3.8) is 0 Å². The molecule has 45 heavy (non-hydrogen) atoms. The van der Waals surface area contributed by atoms with Crippen LogP contribution in [0.25, 0.3) is 67.1 Å². The third-order valence-electron chi connectivity index (χ3n) is 8.81. The molecule has 5 aromatic carbocycles. The average Bonchev–Trinajstić information content (AvgIpc) is 3.81. The van der Waals surface area contributed by atoms with Crippen LogP contribution in [0.2, 0.25) is 0 Å². The smallest absolute Gasteiger partial charge is 0.220 e. The van der Waals surface area contributed by atoms with Gasteiger partial charge >= 0.3 is 0 Å². The first-order valence-electron chi connectivity index (χ1n) is 17.7. The van der Waals surface area contributed by atoms with E-state index < -0.39 is 18.6 Å². The first-order valence-corrected chi connectivity index (χ1v) is 15.2. The van der Waals surface area contributed by atoms with Crippen molar-refractivity contribution in [2.45, 2.75) is 40.4 Å². The predicted octanol–water partition coefficient (Wildman–Crippen LogP) is 9.46. The van der Waals surface area contributed by atoms with Crippen LogP contribution < -0.4 is 0 Å². The molecular formula is C39H34N6. The summed E-state index contributed by atoms with van der Waals surface area (Å²) < 4.78 is 50.7. The maximum absolute atomic E-state index is 8.91. The second-order valence-electron chi connectivity index (χ2n) is 12.4. The van der Waals surface area contributed by atoms with Gasteiger partial charge in [0.05, 0.1) is 55.5 Å². The molecule has 4 heterocycles. The highest BCUT2D eigenvalue weighted by molar-refractivity contribution is 5.95. The standard InChI is InChI=1S/C39H34N6/c1-25-12-9-20-33-35(25)40-37-42(29-16-5-7-18-31(29)44(33)37)27-14-11-15-28(24-27)43-30-17-6-8-19-32(30)45-34-21-10-13-26(22-23-39(2,3)4)36(34)41-38(43)45/h5-21,24H,22-23H2,1-4H3/i2D3,23D2. The molecule has 0 saturated heterocycles. The summed E-state index contributed by atoms with van der Waals surface area (Å²) in [6.45, 7) is 2.58. The number of rotatable bonds is 4. The van der Waals surface area contributed by atoms with Gasteiger partial charge in [-0.15, -0.1) is 0 Å². The Morgan fingerprint density at radius 2 is 1.13 bits per heavy atom. The SMILES string of the molecule is [2H]C([2H])([2H])C(C)(C)C([2H])([2H])Cc1cccc2c1nc1n(-c3cccc(-n4c5ccccc5n5c6cccc(C)c6nc45)c3)c3ccccc3n21. The summed E-state index contributed by atoms with van der Waals surface area (Å²) in [5.41, 5.74) is 9.66. The number of benzene rings is 5. The van der Waals surface area contributed by atoms with E-state index in [0.29, 0.717) is 16.9 Å². The van der Waals surface area contributed by atoms with Gasteiger partial charge in [0.25, 0.3) is 0 Å². The molecule has 4 aromatic heterocycles. The van der Waals surface area contributed by atoms with Crippen molar-refractivity contribution >= 4 is 55.7 Å². The largest absolute Gasteiger partial charge is 0.278 e. The maximum Gasteiger partial charge on any atom is 0.220 e. The molecule has 0 fully saturated rings. The quantitative estimate of drug-likeness (QED) is 0.205. The molecule has 0 aliphatic carbocycles. The molecule has 0 N–H and O–H groups in total. The summed E-state index contributed by atoms with van der Waals surface area (Å²) >= 11 is 0. The van der Waals surface area contributed by atoms with Crippen LogP contribution in [0.5, 0.6) is 0 Å². The van der Waals surface area contributed by atoms with Crippen LogP contribution in [0, 0.1) is 12.3 Å². The van der Waals surface area contributed by atoms with Gasteiger partial charge in [-0.25, -0.2) is 9.97 Å². The Hall–Kier alpha value is -5.36. The lowest BCUT2D eigenvalue weighted by atomic mass is 9.88. The minimum Gasteiger partial charge on any atom is -0.278 e. The maximum atomic E-state index is 8.91. The lowest BCUT2D eigenvalue weighted by molar-refractivity contribution is 0.378. The number of aryl methyl sites for hydroxylation is 2. The molecule has 0 unspecified atom stereocenters. The molecule has 0 radical (unpaired) electrons. The molecular weight excluding hydrogens is 552 g/mol. The van der Waals surface area contributed by atoms with Gasteiger partial charge in [-0.2, -0.15) is 0 Å². The summed E-state index contributed by atoms with van der Waals surface area (Å²) in [7, 11) is 0. The van der Waals surface area contributed by atoms with Crippen LogP contribution in [0.3, 0.4) is 0 Å². The van der Waals surface area contributed by atoms with E-state index in [9.17, 15) is 0 Å². The van der Waals surface area contributed by atoms with Gasteiger partial charge in [0.1, 0.15) is 0 Å². The summed E-state index contributed by atoms with van der Waals surface area (Å²) in [5.74, 6) is 1.52. The van der Waals surface area contributed by atoms with Crippen molar-refractivity contribution in [1.82, 2.24) is 27.9 Å². The van der Waals surface area contributed by atoms with Crippen LogP contribution in [-0.2, 0) is 6.42 Å². The highest BCUT2D eigenvalue weighted by atomic mass is 15.2. The monoisotopic (exact) mass is 591 g/mol. The summed E-state index contributed by atoms with van der Waals surface area (Å²) in [5, 5.41) is 0. The van der Waals surface area contributed by atoms with Gasteiger partial charge in [-0.1, -0.05) is 75.3 Å². The van der Waals surface area contributed by atoms with Gasteiger partial charge in [0, 0.05) is 6.85 Å². The van der Waals surface area contributed by atoms with Gasteiger partial charge in [-0.05, 0) is 90.9 Å². The lowest BCUT2D eigenvalue weighted by Gasteiger charge is -2.17. The molecule has 0 amide bonds. The van der Waals surface area contributed by atoms with E-state index in [4.69, 9.17) is 16.8 Å². The third-order valence-corrected chi connectivity index (χ3v) is 8.81. The second kappa shape index (κ2) is 9.32. The molecule has 6 heteroatoms. The summed E-state index contributed by atoms with van der Waals surface area (Å²) in [6.07, 6.45) is -2.11. The minimum atomic E-state index is -2.47. The van der Waals surface area contributed by atoms with Crippen molar-refractivity contribution in [2.75, 3.05) is 0 Å². The zero-order chi connectivity index (χ0) is 34.7. The molecule has 0 atom stereocenters. The number of imidazole rings is 4. The molecule has 9 rings (SSSR count). The predicted molar refractivity (Wildman–Crippen MR) is 185 cm³/mol. The Bertz CT molecular complexity index is 2810. The third kappa shape index (κ3) is 3.81. The number of aromatic nitrogens is 6.